The molecule has 0 fully saturated rings. The third-order valence-corrected chi connectivity index (χ3v) is 4.42. The van der Waals surface area contributed by atoms with Gasteiger partial charge in [0.05, 0.1) is 10.7 Å². The summed E-state index contributed by atoms with van der Waals surface area (Å²) >= 11 is 6.15. The number of hydrogen-bond donors (Lipinski definition) is 2. The van der Waals surface area contributed by atoms with Crippen LogP contribution in [-0.4, -0.2) is 18.4 Å². The van der Waals surface area contributed by atoms with Crippen molar-refractivity contribution in [1.29, 1.82) is 0 Å². The van der Waals surface area contributed by atoms with Crippen LogP contribution >= 0.6 is 11.6 Å². The lowest BCUT2D eigenvalue weighted by molar-refractivity contribution is -0.118. The molecular weight excluding hydrogens is 376 g/mol. The third kappa shape index (κ3) is 6.57. The van der Waals surface area contributed by atoms with Crippen molar-refractivity contribution in [3.63, 3.8) is 0 Å². The van der Waals surface area contributed by atoms with E-state index in [4.69, 9.17) is 16.3 Å². The zero-order valence-electron chi connectivity index (χ0n) is 16.8. The van der Waals surface area contributed by atoms with E-state index in [9.17, 15) is 9.59 Å². The van der Waals surface area contributed by atoms with E-state index in [0.717, 1.165) is 6.42 Å². The normalized spacial score (nSPS) is 11.0. The van der Waals surface area contributed by atoms with Crippen molar-refractivity contribution >= 4 is 34.8 Å². The maximum absolute atomic E-state index is 12.2. The molecule has 2 amide bonds. The molecule has 5 nitrogen and oxygen atoms in total. The van der Waals surface area contributed by atoms with Crippen molar-refractivity contribution in [2.45, 2.75) is 46.0 Å². The summed E-state index contributed by atoms with van der Waals surface area (Å²) in [4.78, 5) is 23.9. The molecule has 0 heterocycles. The fourth-order valence-corrected chi connectivity index (χ4v) is 2.70. The lowest BCUT2D eigenvalue weighted by Crippen LogP contribution is -2.20. The van der Waals surface area contributed by atoms with Gasteiger partial charge in [-0.25, -0.2) is 0 Å². The van der Waals surface area contributed by atoms with Crippen molar-refractivity contribution in [2.24, 2.45) is 0 Å². The van der Waals surface area contributed by atoms with E-state index in [0.29, 0.717) is 28.6 Å². The Labute approximate surface area is 171 Å². The van der Waals surface area contributed by atoms with Gasteiger partial charge >= 0.3 is 0 Å². The fourth-order valence-electron chi connectivity index (χ4n) is 2.54. The molecule has 0 spiro atoms. The highest BCUT2D eigenvalue weighted by atomic mass is 35.5. The van der Waals surface area contributed by atoms with Gasteiger partial charge in [-0.3, -0.25) is 9.59 Å². The number of amides is 2. The van der Waals surface area contributed by atoms with Gasteiger partial charge in [-0.2, -0.15) is 0 Å². The lowest BCUT2D eigenvalue weighted by atomic mass is 9.87. The van der Waals surface area contributed by atoms with Gasteiger partial charge in [-0.15, -0.1) is 0 Å². The van der Waals surface area contributed by atoms with Gasteiger partial charge in [0.15, 0.2) is 6.61 Å². The Morgan fingerprint density at radius 1 is 1.00 bits per heavy atom. The average molecular weight is 403 g/mol. The number of benzene rings is 2. The first-order chi connectivity index (χ1) is 13.2. The standard InChI is InChI=1S/C22H27ClN2O3/c1-5-6-20(26)24-16-9-12-18(23)19(13-16)25-21(27)14-28-17-10-7-15(8-11-17)22(2,3)4/h7-13H,5-6,14H2,1-4H3,(H,24,26)(H,25,27). The first kappa shape index (κ1) is 21.8. The molecule has 0 saturated carbocycles. The first-order valence-electron chi connectivity index (χ1n) is 9.31. The number of nitrogens with one attached hydrogen (secondary N) is 2. The van der Waals surface area contributed by atoms with Crippen molar-refractivity contribution in [3.05, 3.63) is 53.1 Å². The molecule has 6 heteroatoms. The van der Waals surface area contributed by atoms with Crippen LogP contribution in [0.2, 0.25) is 5.02 Å². The molecule has 2 aromatic rings. The minimum Gasteiger partial charge on any atom is -0.484 e. The van der Waals surface area contributed by atoms with E-state index in [2.05, 4.69) is 31.4 Å². The van der Waals surface area contributed by atoms with Crippen LogP contribution in [0.15, 0.2) is 42.5 Å². The highest BCUT2D eigenvalue weighted by molar-refractivity contribution is 6.33. The van der Waals surface area contributed by atoms with Gasteiger partial charge in [-0.1, -0.05) is 51.4 Å². The number of anilines is 2. The molecule has 0 bridgehead atoms. The van der Waals surface area contributed by atoms with Crippen molar-refractivity contribution < 1.29 is 14.3 Å². The van der Waals surface area contributed by atoms with Crippen LogP contribution in [0, 0.1) is 0 Å². The van der Waals surface area contributed by atoms with Crippen LogP contribution in [0.4, 0.5) is 11.4 Å². The third-order valence-electron chi connectivity index (χ3n) is 4.09. The highest BCUT2D eigenvalue weighted by Crippen LogP contribution is 2.26. The van der Waals surface area contributed by atoms with E-state index in [-0.39, 0.29) is 23.8 Å². The van der Waals surface area contributed by atoms with E-state index in [1.54, 1.807) is 18.2 Å². The maximum Gasteiger partial charge on any atom is 0.262 e. The van der Waals surface area contributed by atoms with Gasteiger partial charge in [0.25, 0.3) is 5.91 Å². The molecule has 28 heavy (non-hydrogen) atoms. The Hall–Kier alpha value is -2.53. The Morgan fingerprint density at radius 2 is 1.68 bits per heavy atom. The molecule has 2 N–H and O–H groups in total. The van der Waals surface area contributed by atoms with E-state index >= 15 is 0 Å². The summed E-state index contributed by atoms with van der Waals surface area (Å²) in [6.45, 7) is 8.21. The Morgan fingerprint density at radius 3 is 2.29 bits per heavy atom. The van der Waals surface area contributed by atoms with Gasteiger partial charge in [-0.05, 0) is 47.7 Å². The van der Waals surface area contributed by atoms with Gasteiger partial charge in [0.2, 0.25) is 5.91 Å². The second kappa shape index (κ2) is 9.60. The minimum atomic E-state index is -0.334. The predicted octanol–water partition coefficient (Wildman–Crippen LogP) is 5.39. The maximum atomic E-state index is 12.2. The Kier molecular flexibility index (Phi) is 7.46. The fraction of sp³-hybridized carbons (Fsp3) is 0.364. The van der Waals surface area contributed by atoms with E-state index in [1.165, 1.54) is 5.56 Å². The molecule has 0 radical (unpaired) electrons. The van der Waals surface area contributed by atoms with Crippen LogP contribution < -0.4 is 15.4 Å². The second-order valence-electron chi connectivity index (χ2n) is 7.60. The van der Waals surface area contributed by atoms with Gasteiger partial charge < -0.3 is 15.4 Å². The molecule has 0 aliphatic heterocycles. The number of carbonyl (C=O) groups is 2. The Bertz CT molecular complexity index is 827. The molecule has 150 valence electrons. The van der Waals surface area contributed by atoms with E-state index in [1.807, 2.05) is 31.2 Å². The van der Waals surface area contributed by atoms with Gasteiger partial charge in [0.1, 0.15) is 5.75 Å². The minimum absolute atomic E-state index is 0.0597. The second-order valence-corrected chi connectivity index (χ2v) is 8.01. The summed E-state index contributed by atoms with van der Waals surface area (Å²) in [6.07, 6.45) is 1.20. The number of carbonyl (C=O) groups excluding carboxylic acids is 2. The summed E-state index contributed by atoms with van der Waals surface area (Å²) in [7, 11) is 0. The average Bonchev–Trinajstić information content (AvgIpc) is 2.62. The number of ether oxygens (including phenoxy) is 1. The highest BCUT2D eigenvalue weighted by Gasteiger charge is 2.13. The quantitative estimate of drug-likeness (QED) is 0.652. The number of halogens is 1. The molecule has 0 atom stereocenters. The van der Waals surface area contributed by atoms with Crippen molar-refractivity contribution in [3.8, 4) is 5.75 Å². The molecule has 0 unspecified atom stereocenters. The predicted molar refractivity (Wildman–Crippen MR) is 114 cm³/mol. The largest absolute Gasteiger partial charge is 0.484 e. The van der Waals surface area contributed by atoms with Crippen LogP contribution in [-0.2, 0) is 15.0 Å². The molecule has 2 rings (SSSR count). The first-order valence-corrected chi connectivity index (χ1v) is 9.69. The number of hydrogen-bond acceptors (Lipinski definition) is 3. The smallest absolute Gasteiger partial charge is 0.262 e. The molecule has 0 saturated heterocycles. The lowest BCUT2D eigenvalue weighted by Gasteiger charge is -2.19. The zero-order valence-corrected chi connectivity index (χ0v) is 17.5. The van der Waals surface area contributed by atoms with Crippen LogP contribution in [0.1, 0.15) is 46.1 Å². The zero-order chi connectivity index (χ0) is 20.7. The van der Waals surface area contributed by atoms with Crippen LogP contribution in [0.25, 0.3) is 0 Å². The summed E-state index contributed by atoms with van der Waals surface area (Å²) in [6, 6.07) is 12.6. The monoisotopic (exact) mass is 402 g/mol. The SMILES string of the molecule is CCCC(=O)Nc1ccc(Cl)c(NC(=O)COc2ccc(C(C)(C)C)cc2)c1. The topological polar surface area (TPSA) is 67.4 Å². The molecule has 0 aromatic heterocycles. The van der Waals surface area contributed by atoms with Crippen molar-refractivity contribution in [2.75, 3.05) is 17.2 Å². The molecular formula is C22H27ClN2O3. The number of rotatable bonds is 7. The van der Waals surface area contributed by atoms with E-state index < -0.39 is 0 Å². The molecule has 0 aliphatic rings. The van der Waals surface area contributed by atoms with Crippen LogP contribution in [0.5, 0.6) is 5.75 Å². The summed E-state index contributed by atoms with van der Waals surface area (Å²) < 4.78 is 5.55. The summed E-state index contributed by atoms with van der Waals surface area (Å²) in [5, 5.41) is 5.88. The van der Waals surface area contributed by atoms with Crippen LogP contribution in [0.3, 0.4) is 0 Å². The summed E-state index contributed by atoms with van der Waals surface area (Å²) in [5.41, 5.74) is 2.26. The molecule has 2 aromatic carbocycles. The van der Waals surface area contributed by atoms with Gasteiger partial charge in [0, 0.05) is 12.1 Å². The molecule has 0 aliphatic carbocycles. The Balaban J connectivity index is 1.94. The van der Waals surface area contributed by atoms with Crippen molar-refractivity contribution in [1.82, 2.24) is 0 Å². The summed E-state index contributed by atoms with van der Waals surface area (Å²) in [5.74, 6) is 0.206.